The van der Waals surface area contributed by atoms with E-state index in [2.05, 4.69) is 25.2 Å². The van der Waals surface area contributed by atoms with Crippen LogP contribution in [0.2, 0.25) is 0 Å². The number of hydrogen-bond acceptors (Lipinski definition) is 1. The molecule has 0 bridgehead atoms. The Morgan fingerprint density at radius 3 is 3.30 bits per heavy atom. The third-order valence-electron chi connectivity index (χ3n) is 1.70. The van der Waals surface area contributed by atoms with Crippen molar-refractivity contribution in [3.8, 4) is 0 Å². The molecule has 0 aromatic heterocycles. The summed E-state index contributed by atoms with van der Waals surface area (Å²) in [4.78, 5) is 0. The van der Waals surface area contributed by atoms with E-state index in [0.717, 1.165) is 19.4 Å². The first-order valence-corrected chi connectivity index (χ1v) is 3.83. The van der Waals surface area contributed by atoms with Gasteiger partial charge in [0.05, 0.1) is 12.9 Å². The van der Waals surface area contributed by atoms with Crippen LogP contribution in [0.15, 0.2) is 24.5 Å². The monoisotopic (exact) mass is 138 g/mol. The van der Waals surface area contributed by atoms with Gasteiger partial charge in [-0.05, 0) is 31.8 Å². The average molecular weight is 138 g/mol. The Bertz CT molecular complexity index is 136. The normalized spacial score (nSPS) is 26.3. The minimum absolute atomic E-state index is 0.698. The molecule has 1 heteroatoms. The van der Waals surface area contributed by atoms with Crippen LogP contribution in [0, 0.1) is 5.92 Å². The molecule has 0 amide bonds. The number of rotatable bonds is 1. The molecule has 1 unspecified atom stereocenters. The standard InChI is InChI=1S/C9H14O/c1-2-4-9-5-3-7-10-8-6-9/h2-4,7,9H,5-6,8H2,1H3/b4-2+. The summed E-state index contributed by atoms with van der Waals surface area (Å²) in [5.74, 6) is 0.698. The first-order valence-electron chi connectivity index (χ1n) is 3.83. The third-order valence-corrected chi connectivity index (χ3v) is 1.70. The molecule has 56 valence electrons. The van der Waals surface area contributed by atoms with E-state index in [1.165, 1.54) is 0 Å². The largest absolute Gasteiger partial charge is 0.502 e. The average Bonchev–Trinajstić information content (AvgIpc) is 2.17. The molecule has 0 saturated heterocycles. The summed E-state index contributed by atoms with van der Waals surface area (Å²) in [6, 6.07) is 0. The molecule has 1 aliphatic rings. The lowest BCUT2D eigenvalue weighted by atomic mass is 10.0. The topological polar surface area (TPSA) is 9.23 Å². The second-order valence-electron chi connectivity index (χ2n) is 2.55. The zero-order chi connectivity index (χ0) is 7.23. The summed E-state index contributed by atoms with van der Waals surface area (Å²) in [5.41, 5.74) is 0. The SMILES string of the molecule is C/C=C/C1CC=COCC1. The van der Waals surface area contributed by atoms with Gasteiger partial charge in [0, 0.05) is 0 Å². The molecule has 0 fully saturated rings. The van der Waals surface area contributed by atoms with Crippen molar-refractivity contribution in [2.45, 2.75) is 19.8 Å². The van der Waals surface area contributed by atoms with Crippen LogP contribution in [0.1, 0.15) is 19.8 Å². The Balaban J connectivity index is 2.37. The van der Waals surface area contributed by atoms with Gasteiger partial charge in [-0.15, -0.1) is 0 Å². The van der Waals surface area contributed by atoms with Crippen LogP contribution in [0.25, 0.3) is 0 Å². The Labute approximate surface area is 62.4 Å². The molecule has 1 heterocycles. The maximum Gasteiger partial charge on any atom is 0.0878 e. The van der Waals surface area contributed by atoms with Crippen LogP contribution in [0.5, 0.6) is 0 Å². The van der Waals surface area contributed by atoms with Crippen LogP contribution >= 0.6 is 0 Å². The Hall–Kier alpha value is -0.720. The maximum atomic E-state index is 5.16. The van der Waals surface area contributed by atoms with Crippen molar-refractivity contribution in [1.82, 2.24) is 0 Å². The molecule has 1 nitrogen and oxygen atoms in total. The predicted octanol–water partition coefficient (Wildman–Crippen LogP) is 2.50. The summed E-state index contributed by atoms with van der Waals surface area (Å²) in [6.45, 7) is 2.93. The van der Waals surface area contributed by atoms with Crippen molar-refractivity contribution in [3.05, 3.63) is 24.5 Å². The highest BCUT2D eigenvalue weighted by Crippen LogP contribution is 2.14. The van der Waals surface area contributed by atoms with E-state index < -0.39 is 0 Å². The fraction of sp³-hybridized carbons (Fsp3) is 0.556. The van der Waals surface area contributed by atoms with Gasteiger partial charge in [0.2, 0.25) is 0 Å². The molecule has 0 aliphatic carbocycles. The molecule has 10 heavy (non-hydrogen) atoms. The number of allylic oxidation sites excluding steroid dienone is 3. The molecule has 0 saturated carbocycles. The summed E-state index contributed by atoms with van der Waals surface area (Å²) in [5, 5.41) is 0. The second-order valence-corrected chi connectivity index (χ2v) is 2.55. The lowest BCUT2D eigenvalue weighted by Crippen LogP contribution is -1.96. The minimum Gasteiger partial charge on any atom is -0.502 e. The maximum absolute atomic E-state index is 5.16. The number of hydrogen-bond donors (Lipinski definition) is 0. The van der Waals surface area contributed by atoms with Gasteiger partial charge in [0.15, 0.2) is 0 Å². The summed E-state index contributed by atoms with van der Waals surface area (Å²) in [6.07, 6.45) is 10.5. The van der Waals surface area contributed by atoms with E-state index in [4.69, 9.17) is 4.74 Å². The predicted molar refractivity (Wildman–Crippen MR) is 42.6 cm³/mol. The van der Waals surface area contributed by atoms with E-state index in [1.54, 1.807) is 0 Å². The van der Waals surface area contributed by atoms with Crippen LogP contribution in [-0.4, -0.2) is 6.61 Å². The van der Waals surface area contributed by atoms with Gasteiger partial charge in [-0.1, -0.05) is 12.2 Å². The van der Waals surface area contributed by atoms with Crippen LogP contribution in [0.4, 0.5) is 0 Å². The summed E-state index contributed by atoms with van der Waals surface area (Å²) in [7, 11) is 0. The van der Waals surface area contributed by atoms with Gasteiger partial charge in [0.1, 0.15) is 0 Å². The quantitative estimate of drug-likeness (QED) is 0.506. The molecule has 0 radical (unpaired) electrons. The molecule has 0 aromatic rings. The highest BCUT2D eigenvalue weighted by Gasteiger charge is 2.04. The van der Waals surface area contributed by atoms with E-state index in [9.17, 15) is 0 Å². The first-order chi connectivity index (χ1) is 4.93. The molecule has 1 aliphatic heterocycles. The van der Waals surface area contributed by atoms with Gasteiger partial charge in [-0.25, -0.2) is 0 Å². The van der Waals surface area contributed by atoms with Gasteiger partial charge < -0.3 is 4.74 Å². The van der Waals surface area contributed by atoms with E-state index >= 15 is 0 Å². The van der Waals surface area contributed by atoms with Gasteiger partial charge in [-0.2, -0.15) is 0 Å². The fourth-order valence-corrected chi connectivity index (χ4v) is 1.15. The number of ether oxygens (including phenoxy) is 1. The van der Waals surface area contributed by atoms with Crippen molar-refractivity contribution < 1.29 is 4.74 Å². The van der Waals surface area contributed by atoms with E-state index in [0.29, 0.717) is 5.92 Å². The van der Waals surface area contributed by atoms with Crippen molar-refractivity contribution in [1.29, 1.82) is 0 Å². The molecule has 1 atom stereocenters. The van der Waals surface area contributed by atoms with E-state index in [1.807, 2.05) is 6.26 Å². The van der Waals surface area contributed by atoms with Crippen molar-refractivity contribution in [3.63, 3.8) is 0 Å². The Morgan fingerprint density at radius 2 is 2.50 bits per heavy atom. The lowest BCUT2D eigenvalue weighted by molar-refractivity contribution is 0.241. The zero-order valence-corrected chi connectivity index (χ0v) is 6.42. The molecular formula is C9H14O. The Kier molecular flexibility index (Phi) is 3.07. The highest BCUT2D eigenvalue weighted by atomic mass is 16.5. The summed E-state index contributed by atoms with van der Waals surface area (Å²) >= 11 is 0. The van der Waals surface area contributed by atoms with Crippen LogP contribution in [0.3, 0.4) is 0 Å². The fourth-order valence-electron chi connectivity index (χ4n) is 1.15. The third kappa shape index (κ3) is 2.26. The Morgan fingerprint density at radius 1 is 1.60 bits per heavy atom. The van der Waals surface area contributed by atoms with Gasteiger partial charge >= 0.3 is 0 Å². The molecular weight excluding hydrogens is 124 g/mol. The molecule has 0 aromatic carbocycles. The minimum atomic E-state index is 0.698. The van der Waals surface area contributed by atoms with Crippen molar-refractivity contribution >= 4 is 0 Å². The van der Waals surface area contributed by atoms with Crippen molar-refractivity contribution in [2.24, 2.45) is 5.92 Å². The molecule has 1 rings (SSSR count). The van der Waals surface area contributed by atoms with Crippen molar-refractivity contribution in [2.75, 3.05) is 6.61 Å². The van der Waals surface area contributed by atoms with E-state index in [-0.39, 0.29) is 0 Å². The van der Waals surface area contributed by atoms with Gasteiger partial charge in [-0.3, -0.25) is 0 Å². The zero-order valence-electron chi connectivity index (χ0n) is 6.42. The molecule has 0 N–H and O–H groups in total. The van der Waals surface area contributed by atoms with Gasteiger partial charge in [0.25, 0.3) is 0 Å². The van der Waals surface area contributed by atoms with Crippen LogP contribution < -0.4 is 0 Å². The molecule has 0 spiro atoms. The smallest absolute Gasteiger partial charge is 0.0878 e. The summed E-state index contributed by atoms with van der Waals surface area (Å²) < 4.78 is 5.16. The second kappa shape index (κ2) is 4.15. The first kappa shape index (κ1) is 7.39. The van der Waals surface area contributed by atoms with Crippen LogP contribution in [-0.2, 0) is 4.74 Å². The highest BCUT2D eigenvalue weighted by molar-refractivity contribution is 4.92. The lowest BCUT2D eigenvalue weighted by Gasteiger charge is -2.04.